The lowest BCUT2D eigenvalue weighted by Gasteiger charge is -2.17. The zero-order valence-electron chi connectivity index (χ0n) is 16.8. The molecule has 1 N–H and O–H groups in total. The number of anilines is 2. The molecule has 3 aromatic rings. The number of hydrogen-bond donors (Lipinski definition) is 1. The van der Waals surface area contributed by atoms with Gasteiger partial charge >= 0.3 is 0 Å². The van der Waals surface area contributed by atoms with Crippen LogP contribution in [0, 0.1) is 13.8 Å². The van der Waals surface area contributed by atoms with Crippen LogP contribution in [0.15, 0.2) is 82.2 Å². The van der Waals surface area contributed by atoms with Crippen molar-refractivity contribution < 1.29 is 9.59 Å². The summed E-state index contributed by atoms with van der Waals surface area (Å²) in [5, 5.41) is 3.62. The second-order valence-electron chi connectivity index (χ2n) is 7.08. The van der Waals surface area contributed by atoms with E-state index in [1.807, 2.05) is 62.4 Å². The highest BCUT2D eigenvalue weighted by Gasteiger charge is 2.41. The molecule has 3 aromatic carbocycles. The molecule has 0 aliphatic carbocycles. The van der Waals surface area contributed by atoms with Crippen molar-refractivity contribution in [2.45, 2.75) is 18.7 Å². The minimum Gasteiger partial charge on any atom is -0.350 e. The third-order valence-corrected chi connectivity index (χ3v) is 6.72. The van der Waals surface area contributed by atoms with Crippen LogP contribution in [0.5, 0.6) is 0 Å². The summed E-state index contributed by atoms with van der Waals surface area (Å²) < 4.78 is 0. The maximum absolute atomic E-state index is 13.4. The normalized spacial score (nSPS) is 13.9. The molecule has 0 spiro atoms. The Kier molecular flexibility index (Phi) is 6.10. The van der Waals surface area contributed by atoms with Gasteiger partial charge in [-0.05, 0) is 49.7 Å². The van der Waals surface area contributed by atoms with Crippen LogP contribution >= 0.6 is 35.0 Å². The molecule has 1 heterocycles. The monoisotopic (exact) mass is 468 g/mol. The van der Waals surface area contributed by atoms with Crippen LogP contribution < -0.4 is 10.2 Å². The van der Waals surface area contributed by atoms with Gasteiger partial charge in [0.15, 0.2) is 0 Å². The fourth-order valence-electron chi connectivity index (χ4n) is 3.29. The van der Waals surface area contributed by atoms with E-state index in [0.717, 1.165) is 26.6 Å². The second-order valence-corrected chi connectivity index (χ2v) is 8.95. The highest BCUT2D eigenvalue weighted by molar-refractivity contribution is 8.04. The topological polar surface area (TPSA) is 49.4 Å². The third kappa shape index (κ3) is 4.22. The van der Waals surface area contributed by atoms with E-state index in [0.29, 0.717) is 4.91 Å². The van der Waals surface area contributed by atoms with Gasteiger partial charge in [0.1, 0.15) is 10.6 Å². The maximum atomic E-state index is 13.4. The van der Waals surface area contributed by atoms with Crippen LogP contribution in [0.4, 0.5) is 11.4 Å². The molecule has 4 nitrogen and oxygen atoms in total. The van der Waals surface area contributed by atoms with Crippen LogP contribution in [-0.4, -0.2) is 11.8 Å². The summed E-state index contributed by atoms with van der Waals surface area (Å²) in [5.41, 5.74) is 3.30. The first-order valence-electron chi connectivity index (χ1n) is 9.51. The van der Waals surface area contributed by atoms with Gasteiger partial charge < -0.3 is 5.32 Å². The molecule has 7 heteroatoms. The first-order chi connectivity index (χ1) is 14.9. The fourth-order valence-corrected chi connectivity index (χ4v) is 4.62. The highest BCUT2D eigenvalue weighted by atomic mass is 35.5. The summed E-state index contributed by atoms with van der Waals surface area (Å²) in [6.07, 6.45) is 0. The van der Waals surface area contributed by atoms with Crippen LogP contribution in [0.25, 0.3) is 0 Å². The number of rotatable bonds is 5. The van der Waals surface area contributed by atoms with Crippen molar-refractivity contribution in [2.75, 3.05) is 10.2 Å². The van der Waals surface area contributed by atoms with E-state index in [1.54, 1.807) is 18.2 Å². The first-order valence-corrected chi connectivity index (χ1v) is 11.1. The van der Waals surface area contributed by atoms with E-state index in [4.69, 9.17) is 23.2 Å². The molecule has 0 saturated heterocycles. The third-order valence-electron chi connectivity index (χ3n) is 4.82. The summed E-state index contributed by atoms with van der Waals surface area (Å²) in [6, 6.07) is 20.2. The second kappa shape index (κ2) is 8.79. The minimum absolute atomic E-state index is 0.155. The van der Waals surface area contributed by atoms with E-state index in [-0.39, 0.29) is 21.4 Å². The number of carbonyl (C=O) groups is 2. The Labute approximate surface area is 194 Å². The largest absolute Gasteiger partial charge is 0.350 e. The lowest BCUT2D eigenvalue weighted by Crippen LogP contribution is -2.32. The van der Waals surface area contributed by atoms with Gasteiger partial charge in [0, 0.05) is 10.6 Å². The maximum Gasteiger partial charge on any atom is 0.283 e. The number of aryl methyl sites for hydroxylation is 2. The molecule has 1 aliphatic heterocycles. The summed E-state index contributed by atoms with van der Waals surface area (Å²) in [6.45, 7) is 3.95. The van der Waals surface area contributed by atoms with Gasteiger partial charge in [-0.1, -0.05) is 76.9 Å². The number of thioether (sulfide) groups is 1. The Morgan fingerprint density at radius 3 is 2.32 bits per heavy atom. The highest BCUT2D eigenvalue weighted by Crippen LogP contribution is 2.41. The molecule has 4 rings (SSSR count). The van der Waals surface area contributed by atoms with Gasteiger partial charge in [0.2, 0.25) is 0 Å². The number of imide groups is 1. The van der Waals surface area contributed by atoms with Crippen molar-refractivity contribution in [2.24, 2.45) is 0 Å². The van der Waals surface area contributed by atoms with Crippen LogP contribution in [0.3, 0.4) is 0 Å². The minimum atomic E-state index is -0.479. The lowest BCUT2D eigenvalue weighted by atomic mass is 10.1. The molecule has 0 fully saturated rings. The number of halogens is 2. The summed E-state index contributed by atoms with van der Waals surface area (Å²) in [7, 11) is 0. The number of amides is 2. The average Bonchev–Trinajstić information content (AvgIpc) is 2.97. The number of benzene rings is 3. The molecule has 0 unspecified atom stereocenters. The van der Waals surface area contributed by atoms with Gasteiger partial charge in [-0.15, -0.1) is 0 Å². The Morgan fingerprint density at radius 1 is 0.871 bits per heavy atom. The Bertz CT molecular complexity index is 1230. The lowest BCUT2D eigenvalue weighted by molar-refractivity contribution is -0.120. The number of hydrogen-bond acceptors (Lipinski definition) is 4. The molecule has 31 heavy (non-hydrogen) atoms. The van der Waals surface area contributed by atoms with Crippen molar-refractivity contribution in [1.82, 2.24) is 0 Å². The predicted molar refractivity (Wildman–Crippen MR) is 128 cm³/mol. The van der Waals surface area contributed by atoms with E-state index in [2.05, 4.69) is 5.32 Å². The van der Waals surface area contributed by atoms with Gasteiger partial charge in [0.25, 0.3) is 11.8 Å². The van der Waals surface area contributed by atoms with Crippen molar-refractivity contribution in [3.63, 3.8) is 0 Å². The molecular formula is C24H18Cl2N2O2S. The number of carbonyl (C=O) groups excluding carboxylic acids is 2. The average molecular weight is 469 g/mol. The zero-order valence-corrected chi connectivity index (χ0v) is 19.1. The van der Waals surface area contributed by atoms with Crippen molar-refractivity contribution >= 4 is 58.2 Å². The molecule has 0 bridgehead atoms. The predicted octanol–water partition coefficient (Wildman–Crippen LogP) is 6.60. The van der Waals surface area contributed by atoms with Gasteiger partial charge in [-0.2, -0.15) is 0 Å². The smallest absolute Gasteiger partial charge is 0.283 e. The van der Waals surface area contributed by atoms with Crippen molar-refractivity contribution in [3.05, 3.63) is 98.5 Å². The Hall–Kier alpha value is -2.73. The van der Waals surface area contributed by atoms with Crippen LogP contribution in [-0.2, 0) is 9.59 Å². The molecule has 1 aliphatic rings. The number of nitrogens with one attached hydrogen (secondary N) is 1. The van der Waals surface area contributed by atoms with Crippen molar-refractivity contribution in [1.29, 1.82) is 0 Å². The summed E-state index contributed by atoms with van der Waals surface area (Å²) in [5.74, 6) is -0.928. The SMILES string of the molecule is Cc1ccc(NC2=C(Sc3ccccc3)C(=O)N(c3cccc(Cl)c3Cl)C2=O)c(C)c1. The van der Waals surface area contributed by atoms with Gasteiger partial charge in [-0.25, -0.2) is 4.90 Å². The quantitative estimate of drug-likeness (QED) is 0.428. The molecule has 0 saturated carbocycles. The van der Waals surface area contributed by atoms with Crippen LogP contribution in [0.2, 0.25) is 10.0 Å². The Morgan fingerprint density at radius 2 is 1.61 bits per heavy atom. The number of nitrogens with zero attached hydrogens (tertiary/aromatic N) is 1. The Balaban J connectivity index is 1.79. The van der Waals surface area contributed by atoms with Crippen LogP contribution in [0.1, 0.15) is 11.1 Å². The molecule has 0 radical (unpaired) electrons. The zero-order chi connectivity index (χ0) is 22.1. The van der Waals surface area contributed by atoms with E-state index in [1.165, 1.54) is 11.8 Å². The van der Waals surface area contributed by atoms with Gasteiger partial charge in [-0.3, -0.25) is 9.59 Å². The molecule has 156 valence electrons. The van der Waals surface area contributed by atoms with Crippen molar-refractivity contribution in [3.8, 4) is 0 Å². The molecule has 0 atom stereocenters. The molecule has 0 aromatic heterocycles. The summed E-state index contributed by atoms with van der Waals surface area (Å²) in [4.78, 5) is 29.1. The fraction of sp³-hybridized carbons (Fsp3) is 0.0833. The van der Waals surface area contributed by atoms with E-state index < -0.39 is 11.8 Å². The summed E-state index contributed by atoms with van der Waals surface area (Å²) >= 11 is 13.7. The standard InChI is InChI=1S/C24H18Cl2N2O2S/c1-14-11-12-18(15(2)13-14)27-21-22(31-16-7-4-3-5-8-16)24(30)28(23(21)29)19-10-6-9-17(25)20(19)26/h3-13,27H,1-2H3. The van der Waals surface area contributed by atoms with Gasteiger partial charge in [0.05, 0.1) is 15.7 Å². The van der Waals surface area contributed by atoms with E-state index >= 15 is 0 Å². The first kappa shape index (κ1) is 21.5. The molecule has 2 amide bonds. The van der Waals surface area contributed by atoms with E-state index in [9.17, 15) is 9.59 Å². The molecular weight excluding hydrogens is 451 g/mol.